The maximum atomic E-state index is 13.2. The Morgan fingerprint density at radius 1 is 1.33 bits per heavy atom. The molecular formula is C15H20F3NOS. The van der Waals surface area contributed by atoms with Crippen LogP contribution < -0.4 is 5.32 Å². The highest BCUT2D eigenvalue weighted by atomic mass is 32.2. The van der Waals surface area contributed by atoms with E-state index < -0.39 is 11.7 Å². The lowest BCUT2D eigenvalue weighted by atomic mass is 10.1. The van der Waals surface area contributed by atoms with Crippen molar-refractivity contribution in [2.24, 2.45) is 0 Å². The number of halogens is 3. The van der Waals surface area contributed by atoms with E-state index >= 15 is 0 Å². The molecule has 0 saturated heterocycles. The standard InChI is InChI=1S/C15H20F3NOS/c1-20-7-2-8-21-13-6-3-11(10-19-12-4-5-12)14(9-13)15(16,17)18/h3,6,9,12,19H,2,4-5,7-8,10H2,1H3. The molecule has 0 heterocycles. The highest BCUT2D eigenvalue weighted by Crippen LogP contribution is 2.35. The van der Waals surface area contributed by atoms with Gasteiger partial charge in [0.05, 0.1) is 5.56 Å². The number of benzene rings is 1. The van der Waals surface area contributed by atoms with Gasteiger partial charge in [-0.15, -0.1) is 11.8 Å². The first kappa shape index (κ1) is 16.6. The summed E-state index contributed by atoms with van der Waals surface area (Å²) in [5.74, 6) is 0.755. The smallest absolute Gasteiger partial charge is 0.385 e. The highest BCUT2D eigenvalue weighted by Gasteiger charge is 2.34. The van der Waals surface area contributed by atoms with Crippen LogP contribution in [0.5, 0.6) is 0 Å². The van der Waals surface area contributed by atoms with E-state index in [4.69, 9.17) is 4.74 Å². The maximum Gasteiger partial charge on any atom is 0.416 e. The summed E-state index contributed by atoms with van der Waals surface area (Å²) in [5, 5.41) is 3.14. The van der Waals surface area contributed by atoms with Gasteiger partial charge in [-0.1, -0.05) is 6.07 Å². The Kier molecular flexibility index (Phi) is 5.96. The van der Waals surface area contributed by atoms with Gasteiger partial charge in [-0.05, 0) is 37.0 Å². The van der Waals surface area contributed by atoms with Crippen molar-refractivity contribution < 1.29 is 17.9 Å². The molecule has 1 N–H and O–H groups in total. The van der Waals surface area contributed by atoms with Crippen molar-refractivity contribution in [2.75, 3.05) is 19.5 Å². The number of methoxy groups -OCH3 is 1. The minimum absolute atomic E-state index is 0.286. The third kappa shape index (κ3) is 5.52. The molecule has 1 aromatic carbocycles. The molecule has 0 bridgehead atoms. The molecule has 0 aliphatic heterocycles. The van der Waals surface area contributed by atoms with Crippen LogP contribution in [0.25, 0.3) is 0 Å². The van der Waals surface area contributed by atoms with Gasteiger partial charge in [-0.2, -0.15) is 13.2 Å². The summed E-state index contributed by atoms with van der Waals surface area (Å²) < 4.78 is 44.4. The van der Waals surface area contributed by atoms with Gasteiger partial charge in [0, 0.05) is 37.0 Å². The topological polar surface area (TPSA) is 21.3 Å². The molecule has 0 amide bonds. The summed E-state index contributed by atoms with van der Waals surface area (Å²) in [6.07, 6.45) is -1.35. The van der Waals surface area contributed by atoms with Gasteiger partial charge in [-0.3, -0.25) is 0 Å². The molecule has 2 nitrogen and oxygen atoms in total. The molecule has 21 heavy (non-hydrogen) atoms. The largest absolute Gasteiger partial charge is 0.416 e. The van der Waals surface area contributed by atoms with Crippen molar-refractivity contribution in [3.05, 3.63) is 29.3 Å². The number of rotatable bonds is 8. The van der Waals surface area contributed by atoms with E-state index in [9.17, 15) is 13.2 Å². The van der Waals surface area contributed by atoms with Gasteiger partial charge in [-0.25, -0.2) is 0 Å². The van der Waals surface area contributed by atoms with Crippen LogP contribution in [0.15, 0.2) is 23.1 Å². The van der Waals surface area contributed by atoms with Crippen molar-refractivity contribution in [1.29, 1.82) is 0 Å². The van der Waals surface area contributed by atoms with Crippen molar-refractivity contribution in [2.45, 2.75) is 42.9 Å². The Balaban J connectivity index is 2.02. The fraction of sp³-hybridized carbons (Fsp3) is 0.600. The van der Waals surface area contributed by atoms with Crippen molar-refractivity contribution in [3.8, 4) is 0 Å². The first-order chi connectivity index (χ1) is 10.0. The number of alkyl halides is 3. The van der Waals surface area contributed by atoms with E-state index in [1.54, 1.807) is 19.2 Å². The molecule has 1 aromatic rings. The van der Waals surface area contributed by atoms with Crippen LogP contribution in [0, 0.1) is 0 Å². The molecule has 0 radical (unpaired) electrons. The average molecular weight is 319 g/mol. The quantitative estimate of drug-likeness (QED) is 0.576. The zero-order chi connectivity index (χ0) is 15.3. The molecule has 1 saturated carbocycles. The number of hydrogen-bond donors (Lipinski definition) is 1. The monoisotopic (exact) mass is 319 g/mol. The van der Waals surface area contributed by atoms with E-state index in [0.29, 0.717) is 23.1 Å². The van der Waals surface area contributed by atoms with Gasteiger partial charge in [0.2, 0.25) is 0 Å². The molecule has 118 valence electrons. The van der Waals surface area contributed by atoms with Gasteiger partial charge >= 0.3 is 6.18 Å². The summed E-state index contributed by atoms with van der Waals surface area (Å²) in [4.78, 5) is 0.661. The summed E-state index contributed by atoms with van der Waals surface area (Å²) >= 11 is 1.44. The van der Waals surface area contributed by atoms with Crippen LogP contribution in [0.1, 0.15) is 30.4 Å². The normalized spacial score (nSPS) is 15.4. The lowest BCUT2D eigenvalue weighted by Crippen LogP contribution is -2.19. The first-order valence-corrected chi connectivity index (χ1v) is 8.04. The van der Waals surface area contributed by atoms with Crippen LogP contribution in [0.4, 0.5) is 13.2 Å². The highest BCUT2D eigenvalue weighted by molar-refractivity contribution is 7.99. The van der Waals surface area contributed by atoms with Crippen molar-refractivity contribution in [1.82, 2.24) is 5.32 Å². The zero-order valence-corrected chi connectivity index (χ0v) is 12.8. The minimum Gasteiger partial charge on any atom is -0.385 e. The lowest BCUT2D eigenvalue weighted by molar-refractivity contribution is -0.138. The van der Waals surface area contributed by atoms with Gasteiger partial charge in [0.1, 0.15) is 0 Å². The van der Waals surface area contributed by atoms with E-state index in [0.717, 1.165) is 25.0 Å². The molecule has 1 aliphatic carbocycles. The van der Waals surface area contributed by atoms with Crippen LogP contribution >= 0.6 is 11.8 Å². The second kappa shape index (κ2) is 7.51. The van der Waals surface area contributed by atoms with Gasteiger partial charge < -0.3 is 10.1 Å². The summed E-state index contributed by atoms with van der Waals surface area (Å²) in [7, 11) is 1.62. The third-order valence-electron chi connectivity index (χ3n) is 3.31. The fourth-order valence-corrected chi connectivity index (χ4v) is 2.86. The zero-order valence-electron chi connectivity index (χ0n) is 12.0. The first-order valence-electron chi connectivity index (χ1n) is 7.06. The Labute approximate surface area is 127 Å². The second-order valence-corrected chi connectivity index (χ2v) is 6.34. The maximum absolute atomic E-state index is 13.2. The molecule has 1 fully saturated rings. The van der Waals surface area contributed by atoms with Crippen LogP contribution in [0.3, 0.4) is 0 Å². The Morgan fingerprint density at radius 3 is 2.71 bits per heavy atom. The van der Waals surface area contributed by atoms with Crippen molar-refractivity contribution in [3.63, 3.8) is 0 Å². The van der Waals surface area contributed by atoms with Crippen molar-refractivity contribution >= 4 is 11.8 Å². The van der Waals surface area contributed by atoms with Crippen LogP contribution in [-0.4, -0.2) is 25.5 Å². The second-order valence-electron chi connectivity index (χ2n) is 5.17. The predicted octanol–water partition coefficient (Wildman–Crippen LogP) is 4.09. The van der Waals surface area contributed by atoms with Crippen LogP contribution in [-0.2, 0) is 17.5 Å². The molecule has 0 spiro atoms. The SMILES string of the molecule is COCCCSc1ccc(CNC2CC2)c(C(F)(F)F)c1. The molecular weight excluding hydrogens is 299 g/mol. The minimum atomic E-state index is -4.30. The van der Waals surface area contributed by atoms with Gasteiger partial charge in [0.25, 0.3) is 0 Å². The van der Waals surface area contributed by atoms with Gasteiger partial charge in [0.15, 0.2) is 0 Å². The number of hydrogen-bond acceptors (Lipinski definition) is 3. The number of thioether (sulfide) groups is 1. The molecule has 0 unspecified atom stereocenters. The fourth-order valence-electron chi connectivity index (χ4n) is 2.00. The van der Waals surface area contributed by atoms with Crippen LogP contribution in [0.2, 0.25) is 0 Å². The van der Waals surface area contributed by atoms with E-state index in [1.807, 2.05) is 0 Å². The lowest BCUT2D eigenvalue weighted by Gasteiger charge is -2.15. The van der Waals surface area contributed by atoms with E-state index in [1.165, 1.54) is 17.8 Å². The van der Waals surface area contributed by atoms with E-state index in [-0.39, 0.29) is 6.54 Å². The number of nitrogens with one attached hydrogen (secondary N) is 1. The third-order valence-corrected chi connectivity index (χ3v) is 4.39. The number of ether oxygens (including phenoxy) is 1. The van der Waals surface area contributed by atoms with E-state index in [2.05, 4.69) is 5.32 Å². The molecule has 0 aromatic heterocycles. The summed E-state index contributed by atoms with van der Waals surface area (Å²) in [5.41, 5.74) is -0.192. The molecule has 1 aliphatic rings. The Bertz CT molecular complexity index is 461. The molecule has 6 heteroatoms. The summed E-state index contributed by atoms with van der Waals surface area (Å²) in [6.45, 7) is 0.913. The Morgan fingerprint density at radius 2 is 2.10 bits per heavy atom. The molecule has 0 atom stereocenters. The Hall–Kier alpha value is -0.720. The molecule has 2 rings (SSSR count). The summed E-state index contributed by atoms with van der Waals surface area (Å²) in [6, 6.07) is 5.03. The average Bonchev–Trinajstić information content (AvgIpc) is 3.25. The predicted molar refractivity (Wildman–Crippen MR) is 78.5 cm³/mol.